The van der Waals surface area contributed by atoms with E-state index in [2.05, 4.69) is 0 Å². The third kappa shape index (κ3) is 3.55. The predicted molar refractivity (Wildman–Crippen MR) is 63.2 cm³/mol. The van der Waals surface area contributed by atoms with Gasteiger partial charge in [0.05, 0.1) is 0 Å². The summed E-state index contributed by atoms with van der Waals surface area (Å²) >= 11 is 0. The fraction of sp³-hybridized carbons (Fsp3) is 0.500. The lowest BCUT2D eigenvalue weighted by Gasteiger charge is -2.20. The molecule has 0 aromatic heterocycles. The average Bonchev–Trinajstić information content (AvgIpc) is 2.33. The van der Waals surface area contributed by atoms with E-state index in [1.54, 1.807) is 12.1 Å². The Morgan fingerprint density at radius 2 is 1.94 bits per heavy atom. The predicted octanol–water partition coefficient (Wildman–Crippen LogP) is 3.70. The molecule has 2 nitrogen and oxygen atoms in total. The summed E-state index contributed by atoms with van der Waals surface area (Å²) in [5.74, 6) is -0.345. The van der Waals surface area contributed by atoms with E-state index < -0.39 is 5.82 Å². The van der Waals surface area contributed by atoms with Gasteiger partial charge in [0, 0.05) is 6.42 Å². The van der Waals surface area contributed by atoms with Crippen molar-refractivity contribution in [2.45, 2.75) is 38.5 Å². The Kier molecular flexibility index (Phi) is 4.13. The number of rotatable bonds is 3. The molecule has 3 heteroatoms. The molecule has 92 valence electrons. The zero-order valence-electron chi connectivity index (χ0n) is 9.82. The minimum Gasteiger partial charge on any atom is -0.423 e. The van der Waals surface area contributed by atoms with Gasteiger partial charge in [-0.2, -0.15) is 0 Å². The molecule has 0 atom stereocenters. The number of esters is 1. The van der Waals surface area contributed by atoms with Crippen molar-refractivity contribution in [1.82, 2.24) is 0 Å². The van der Waals surface area contributed by atoms with Crippen molar-refractivity contribution < 1.29 is 13.9 Å². The monoisotopic (exact) mass is 236 g/mol. The van der Waals surface area contributed by atoms with Crippen molar-refractivity contribution in [3.8, 4) is 5.75 Å². The van der Waals surface area contributed by atoms with Gasteiger partial charge in [-0.15, -0.1) is 0 Å². The first-order chi connectivity index (χ1) is 8.25. The molecule has 0 N–H and O–H groups in total. The summed E-state index contributed by atoms with van der Waals surface area (Å²) in [7, 11) is 0. The van der Waals surface area contributed by atoms with Gasteiger partial charge >= 0.3 is 5.97 Å². The van der Waals surface area contributed by atoms with Crippen LogP contribution in [-0.4, -0.2) is 5.97 Å². The van der Waals surface area contributed by atoms with Gasteiger partial charge in [-0.05, 0) is 30.9 Å². The Bertz CT molecular complexity index is 384. The number of hydrogen-bond acceptors (Lipinski definition) is 2. The van der Waals surface area contributed by atoms with Crippen molar-refractivity contribution in [3.05, 3.63) is 30.1 Å². The molecule has 17 heavy (non-hydrogen) atoms. The van der Waals surface area contributed by atoms with Gasteiger partial charge in [-0.25, -0.2) is 4.39 Å². The Labute approximate surface area is 101 Å². The first-order valence-corrected chi connectivity index (χ1v) is 6.21. The van der Waals surface area contributed by atoms with Gasteiger partial charge < -0.3 is 4.74 Å². The van der Waals surface area contributed by atoms with Crippen molar-refractivity contribution in [2.24, 2.45) is 5.92 Å². The Morgan fingerprint density at radius 1 is 1.24 bits per heavy atom. The summed E-state index contributed by atoms with van der Waals surface area (Å²) < 4.78 is 18.3. The first-order valence-electron chi connectivity index (χ1n) is 6.21. The molecule has 0 radical (unpaired) electrons. The molecule has 0 heterocycles. The fourth-order valence-electron chi connectivity index (χ4n) is 2.32. The van der Waals surface area contributed by atoms with Crippen LogP contribution in [0, 0.1) is 11.7 Å². The summed E-state index contributed by atoms with van der Waals surface area (Å²) in [4.78, 5) is 11.6. The molecule has 0 bridgehead atoms. The highest BCUT2D eigenvalue weighted by atomic mass is 19.1. The number of hydrogen-bond donors (Lipinski definition) is 0. The summed E-state index contributed by atoms with van der Waals surface area (Å²) in [5.41, 5.74) is 0. The Morgan fingerprint density at radius 3 is 2.65 bits per heavy atom. The normalized spacial score (nSPS) is 16.8. The van der Waals surface area contributed by atoms with Crippen LogP contribution in [0.4, 0.5) is 4.39 Å². The summed E-state index contributed by atoms with van der Waals surface area (Å²) in [6.45, 7) is 0. The number of carbonyl (C=O) groups is 1. The largest absolute Gasteiger partial charge is 0.423 e. The SMILES string of the molecule is O=C(CC1CCCCC1)Oc1ccccc1F. The van der Waals surface area contributed by atoms with Crippen LogP contribution in [0.5, 0.6) is 5.75 Å². The molecule has 1 aromatic carbocycles. The van der Waals surface area contributed by atoms with E-state index in [0.29, 0.717) is 12.3 Å². The van der Waals surface area contributed by atoms with Crippen LogP contribution in [0.15, 0.2) is 24.3 Å². The van der Waals surface area contributed by atoms with Crippen molar-refractivity contribution in [3.63, 3.8) is 0 Å². The Balaban J connectivity index is 1.86. The van der Waals surface area contributed by atoms with Gasteiger partial charge in [0.2, 0.25) is 0 Å². The van der Waals surface area contributed by atoms with Gasteiger partial charge in [0.15, 0.2) is 11.6 Å². The van der Waals surface area contributed by atoms with Crippen LogP contribution in [0.2, 0.25) is 0 Å². The number of para-hydroxylation sites is 1. The lowest BCUT2D eigenvalue weighted by Crippen LogP contribution is -2.16. The smallest absolute Gasteiger partial charge is 0.311 e. The molecule has 1 saturated carbocycles. The molecule has 0 aliphatic heterocycles. The van der Waals surface area contributed by atoms with E-state index in [1.807, 2.05) is 0 Å². The van der Waals surface area contributed by atoms with Gasteiger partial charge in [0.25, 0.3) is 0 Å². The second-order valence-corrected chi connectivity index (χ2v) is 4.61. The van der Waals surface area contributed by atoms with Gasteiger partial charge in [-0.3, -0.25) is 4.79 Å². The zero-order valence-corrected chi connectivity index (χ0v) is 9.82. The molecular weight excluding hydrogens is 219 g/mol. The lowest BCUT2D eigenvalue weighted by atomic mass is 9.87. The molecule has 0 unspecified atom stereocenters. The minimum absolute atomic E-state index is 0.0355. The standard InChI is InChI=1S/C14H17FO2/c15-12-8-4-5-9-13(12)17-14(16)10-11-6-2-1-3-7-11/h4-5,8-9,11H,1-3,6-7,10H2. The second-order valence-electron chi connectivity index (χ2n) is 4.61. The lowest BCUT2D eigenvalue weighted by molar-refractivity contribution is -0.135. The van der Waals surface area contributed by atoms with E-state index in [9.17, 15) is 9.18 Å². The maximum Gasteiger partial charge on any atom is 0.311 e. The van der Waals surface area contributed by atoms with Crippen LogP contribution in [0.3, 0.4) is 0 Å². The van der Waals surface area contributed by atoms with Crippen molar-refractivity contribution in [2.75, 3.05) is 0 Å². The highest BCUT2D eigenvalue weighted by molar-refractivity contribution is 5.72. The third-order valence-corrected chi connectivity index (χ3v) is 3.24. The maximum absolute atomic E-state index is 13.3. The Hall–Kier alpha value is -1.38. The topological polar surface area (TPSA) is 26.3 Å². The minimum atomic E-state index is -0.482. The summed E-state index contributed by atoms with van der Waals surface area (Å²) in [5, 5.41) is 0. The number of benzene rings is 1. The average molecular weight is 236 g/mol. The van der Waals surface area contributed by atoms with E-state index in [-0.39, 0.29) is 11.7 Å². The third-order valence-electron chi connectivity index (χ3n) is 3.24. The molecule has 1 aromatic rings. The van der Waals surface area contributed by atoms with Crippen molar-refractivity contribution >= 4 is 5.97 Å². The first kappa shape index (κ1) is 12.1. The summed E-state index contributed by atoms with van der Waals surface area (Å²) in [6.07, 6.45) is 6.24. The van der Waals surface area contributed by atoms with Crippen molar-refractivity contribution in [1.29, 1.82) is 0 Å². The van der Waals surface area contributed by atoms with E-state index in [1.165, 1.54) is 31.4 Å². The molecule has 2 rings (SSSR count). The van der Waals surface area contributed by atoms with Crippen LogP contribution in [0.25, 0.3) is 0 Å². The molecule has 1 aliphatic rings. The van der Waals surface area contributed by atoms with Crippen LogP contribution < -0.4 is 4.74 Å². The van der Waals surface area contributed by atoms with E-state index in [4.69, 9.17) is 4.74 Å². The number of ether oxygens (including phenoxy) is 1. The van der Waals surface area contributed by atoms with E-state index >= 15 is 0 Å². The second kappa shape index (κ2) is 5.80. The number of halogens is 1. The molecule has 0 amide bonds. The molecule has 0 spiro atoms. The molecular formula is C14H17FO2. The molecule has 0 saturated heterocycles. The van der Waals surface area contributed by atoms with Crippen LogP contribution in [0.1, 0.15) is 38.5 Å². The molecule has 1 aliphatic carbocycles. The van der Waals surface area contributed by atoms with Gasteiger partial charge in [-0.1, -0.05) is 31.4 Å². The van der Waals surface area contributed by atoms with E-state index in [0.717, 1.165) is 12.8 Å². The zero-order chi connectivity index (χ0) is 12.1. The van der Waals surface area contributed by atoms with Gasteiger partial charge in [0.1, 0.15) is 0 Å². The van der Waals surface area contributed by atoms with Crippen LogP contribution >= 0.6 is 0 Å². The molecule has 1 fully saturated rings. The highest BCUT2D eigenvalue weighted by Crippen LogP contribution is 2.27. The number of carbonyl (C=O) groups excluding carboxylic acids is 1. The maximum atomic E-state index is 13.3. The van der Waals surface area contributed by atoms with Crippen LogP contribution in [-0.2, 0) is 4.79 Å². The summed E-state index contributed by atoms with van der Waals surface area (Å²) in [6, 6.07) is 6.01. The fourth-order valence-corrected chi connectivity index (χ4v) is 2.32. The quantitative estimate of drug-likeness (QED) is 0.591. The highest BCUT2D eigenvalue weighted by Gasteiger charge is 2.18.